The molecule has 0 saturated heterocycles. The Balaban J connectivity index is 1.96. The van der Waals surface area contributed by atoms with Crippen LogP contribution in [0.15, 0.2) is 36.5 Å². The summed E-state index contributed by atoms with van der Waals surface area (Å²) in [4.78, 5) is 38.4. The molecule has 2 heterocycles. The summed E-state index contributed by atoms with van der Waals surface area (Å²) in [5.41, 5.74) is 2.39. The van der Waals surface area contributed by atoms with Crippen LogP contribution in [0.3, 0.4) is 0 Å². The number of anilines is 3. The molecule has 10 nitrogen and oxygen atoms in total. The highest BCUT2D eigenvalue weighted by molar-refractivity contribution is 6.10. The van der Waals surface area contributed by atoms with Crippen molar-refractivity contribution in [3.63, 3.8) is 0 Å². The van der Waals surface area contributed by atoms with E-state index in [1.807, 2.05) is 13.0 Å². The molecule has 0 spiro atoms. The number of methoxy groups -OCH3 is 2. The molecule has 3 rings (SSSR count). The van der Waals surface area contributed by atoms with E-state index in [2.05, 4.69) is 30.9 Å². The van der Waals surface area contributed by atoms with E-state index >= 15 is 0 Å². The van der Waals surface area contributed by atoms with Gasteiger partial charge < -0.3 is 25.4 Å². The van der Waals surface area contributed by atoms with Crippen molar-refractivity contribution in [2.45, 2.75) is 20.5 Å². The van der Waals surface area contributed by atoms with E-state index in [9.17, 15) is 9.59 Å². The van der Waals surface area contributed by atoms with Crippen LogP contribution >= 0.6 is 0 Å². The number of ether oxygens (including phenoxy) is 2. The molecule has 0 aliphatic heterocycles. The molecular formula is C23H26N6O4. The van der Waals surface area contributed by atoms with E-state index in [1.54, 1.807) is 38.3 Å². The Kier molecular flexibility index (Phi) is 7.52. The lowest BCUT2D eigenvalue weighted by atomic mass is 10.1. The minimum absolute atomic E-state index is 0.207. The zero-order valence-corrected chi connectivity index (χ0v) is 19.1. The number of carbonyl (C=O) groups excluding carboxylic acids is 2. The van der Waals surface area contributed by atoms with E-state index in [4.69, 9.17) is 9.47 Å². The molecule has 0 fully saturated rings. The van der Waals surface area contributed by atoms with Crippen molar-refractivity contribution < 1.29 is 19.1 Å². The van der Waals surface area contributed by atoms with E-state index in [-0.39, 0.29) is 11.3 Å². The van der Waals surface area contributed by atoms with Gasteiger partial charge in [-0.15, -0.1) is 0 Å². The minimum atomic E-state index is -0.444. The van der Waals surface area contributed by atoms with Crippen LogP contribution in [0.2, 0.25) is 0 Å². The van der Waals surface area contributed by atoms with Gasteiger partial charge in [0.05, 0.1) is 30.5 Å². The van der Waals surface area contributed by atoms with Crippen LogP contribution in [0, 0.1) is 13.8 Å². The summed E-state index contributed by atoms with van der Waals surface area (Å²) in [5.74, 6) is 1.12. The first-order chi connectivity index (χ1) is 15.8. The van der Waals surface area contributed by atoms with Crippen molar-refractivity contribution in [3.8, 4) is 5.75 Å². The maximum Gasteiger partial charge on any atom is 0.259 e. The van der Waals surface area contributed by atoms with Gasteiger partial charge in [0.2, 0.25) is 0 Å². The number of aryl methyl sites for hydroxylation is 2. The Hall–Kier alpha value is -4.05. The van der Waals surface area contributed by atoms with Crippen LogP contribution < -0.4 is 20.7 Å². The molecule has 2 amide bonds. The molecule has 0 unspecified atom stereocenters. The highest BCUT2D eigenvalue weighted by Gasteiger charge is 2.18. The number of rotatable bonds is 8. The first-order valence-corrected chi connectivity index (χ1v) is 10.1. The molecule has 3 aromatic rings. The lowest BCUT2D eigenvalue weighted by Gasteiger charge is -2.15. The van der Waals surface area contributed by atoms with Gasteiger partial charge in [-0.1, -0.05) is 6.07 Å². The first-order valence-electron chi connectivity index (χ1n) is 10.1. The Bertz CT molecular complexity index is 1160. The first kappa shape index (κ1) is 23.6. The molecule has 0 saturated carbocycles. The van der Waals surface area contributed by atoms with Crippen molar-refractivity contribution in [1.29, 1.82) is 0 Å². The van der Waals surface area contributed by atoms with Gasteiger partial charge in [-0.3, -0.25) is 9.59 Å². The fraction of sp³-hybridized carbons (Fsp3) is 0.261. The average Bonchev–Trinajstić information content (AvgIpc) is 2.78. The number of amides is 2. The number of benzene rings is 1. The molecule has 0 bridgehead atoms. The van der Waals surface area contributed by atoms with Gasteiger partial charge in [-0.05, 0) is 31.5 Å². The predicted octanol–water partition coefficient (Wildman–Crippen LogP) is 3.00. The highest BCUT2D eigenvalue weighted by atomic mass is 16.5. The third-order valence-electron chi connectivity index (χ3n) is 4.67. The Morgan fingerprint density at radius 2 is 1.76 bits per heavy atom. The highest BCUT2D eigenvalue weighted by Crippen LogP contribution is 2.25. The van der Waals surface area contributed by atoms with Gasteiger partial charge in [0.15, 0.2) is 0 Å². The summed E-state index contributed by atoms with van der Waals surface area (Å²) in [6, 6.07) is 8.54. The fourth-order valence-electron chi connectivity index (χ4n) is 3.23. The lowest BCUT2D eigenvalue weighted by Crippen LogP contribution is -2.22. The predicted molar refractivity (Wildman–Crippen MR) is 124 cm³/mol. The van der Waals surface area contributed by atoms with Crippen LogP contribution in [-0.4, -0.2) is 48.0 Å². The SMILES string of the molecule is CNC(=O)c1cnc(Nc2cc(C)nc(C)n2)cc1NC(=O)c1cc(COC)ccc1OC. The van der Waals surface area contributed by atoms with Crippen LogP contribution in [0.1, 0.15) is 37.8 Å². The van der Waals surface area contributed by atoms with E-state index in [0.717, 1.165) is 11.3 Å². The molecule has 0 atom stereocenters. The Morgan fingerprint density at radius 1 is 0.970 bits per heavy atom. The smallest absolute Gasteiger partial charge is 0.259 e. The molecule has 0 aliphatic rings. The zero-order valence-electron chi connectivity index (χ0n) is 19.1. The molecule has 1 aromatic carbocycles. The number of hydrogen-bond donors (Lipinski definition) is 3. The zero-order chi connectivity index (χ0) is 24.0. The van der Waals surface area contributed by atoms with Crippen LogP contribution in [0.25, 0.3) is 0 Å². The fourth-order valence-corrected chi connectivity index (χ4v) is 3.23. The van der Waals surface area contributed by atoms with Gasteiger partial charge in [0.25, 0.3) is 11.8 Å². The van der Waals surface area contributed by atoms with Crippen molar-refractivity contribution in [2.24, 2.45) is 0 Å². The quantitative estimate of drug-likeness (QED) is 0.478. The average molecular weight is 450 g/mol. The molecule has 172 valence electrons. The maximum absolute atomic E-state index is 13.1. The summed E-state index contributed by atoms with van der Waals surface area (Å²) in [5, 5.41) is 8.44. The number of nitrogens with zero attached hydrogens (tertiary/aromatic N) is 3. The van der Waals surface area contributed by atoms with Crippen molar-refractivity contribution >= 4 is 29.1 Å². The second kappa shape index (κ2) is 10.5. The van der Waals surface area contributed by atoms with Gasteiger partial charge in [0.1, 0.15) is 23.2 Å². The lowest BCUT2D eigenvalue weighted by molar-refractivity contribution is 0.0963. The Morgan fingerprint density at radius 3 is 2.42 bits per heavy atom. The van der Waals surface area contributed by atoms with Crippen molar-refractivity contribution in [3.05, 3.63) is 64.7 Å². The summed E-state index contributed by atoms with van der Waals surface area (Å²) in [7, 11) is 4.56. The standard InChI is InChI=1S/C23H26N6O4/c1-13-8-21(27-14(2)26-13)29-20-10-18(17(11-25-20)22(30)24-3)28-23(31)16-9-15(12-32-4)6-7-19(16)33-5/h6-11H,12H2,1-5H3,(H,24,30)(H2,25,26,27,28,29,31). The Labute approximate surface area is 191 Å². The van der Waals surface area contributed by atoms with Gasteiger partial charge in [-0.2, -0.15) is 0 Å². The number of pyridine rings is 1. The normalized spacial score (nSPS) is 10.5. The number of carbonyl (C=O) groups is 2. The van der Waals surface area contributed by atoms with Crippen molar-refractivity contribution in [2.75, 3.05) is 31.9 Å². The largest absolute Gasteiger partial charge is 0.496 e. The maximum atomic E-state index is 13.1. The van der Waals surface area contributed by atoms with Gasteiger partial charge in [-0.25, -0.2) is 15.0 Å². The molecule has 0 aliphatic carbocycles. The molecule has 33 heavy (non-hydrogen) atoms. The second-order valence-electron chi connectivity index (χ2n) is 7.18. The molecular weight excluding hydrogens is 424 g/mol. The minimum Gasteiger partial charge on any atom is -0.496 e. The monoisotopic (exact) mass is 450 g/mol. The number of aromatic nitrogens is 3. The summed E-state index contributed by atoms with van der Waals surface area (Å²) in [6.45, 7) is 3.99. The summed E-state index contributed by atoms with van der Waals surface area (Å²) >= 11 is 0. The van der Waals surface area contributed by atoms with Gasteiger partial charge in [0, 0.05) is 38.2 Å². The molecule has 0 radical (unpaired) electrons. The van der Waals surface area contributed by atoms with E-state index in [1.165, 1.54) is 20.4 Å². The third kappa shape index (κ3) is 5.80. The second-order valence-corrected chi connectivity index (χ2v) is 7.18. The number of hydrogen-bond acceptors (Lipinski definition) is 8. The third-order valence-corrected chi connectivity index (χ3v) is 4.67. The van der Waals surface area contributed by atoms with Crippen LogP contribution in [0.4, 0.5) is 17.3 Å². The van der Waals surface area contributed by atoms with Crippen LogP contribution in [0.5, 0.6) is 5.75 Å². The molecule has 3 N–H and O–H groups in total. The number of nitrogens with one attached hydrogen (secondary N) is 3. The summed E-state index contributed by atoms with van der Waals surface area (Å²) in [6.07, 6.45) is 1.39. The van der Waals surface area contributed by atoms with Gasteiger partial charge >= 0.3 is 0 Å². The molecule has 2 aromatic heterocycles. The molecule has 10 heteroatoms. The van der Waals surface area contributed by atoms with E-state index < -0.39 is 11.8 Å². The van der Waals surface area contributed by atoms with Crippen LogP contribution in [-0.2, 0) is 11.3 Å². The summed E-state index contributed by atoms with van der Waals surface area (Å²) < 4.78 is 10.5. The topological polar surface area (TPSA) is 127 Å². The van der Waals surface area contributed by atoms with E-state index in [0.29, 0.717) is 35.4 Å². The van der Waals surface area contributed by atoms with Crippen molar-refractivity contribution in [1.82, 2.24) is 20.3 Å².